The molecule has 1 aromatic carbocycles. The average Bonchev–Trinajstić information content (AvgIpc) is 2.46. The van der Waals surface area contributed by atoms with E-state index < -0.39 is 0 Å². The van der Waals surface area contributed by atoms with E-state index in [1.54, 1.807) is 0 Å². The number of hydrogen-bond donors (Lipinski definition) is 1. The van der Waals surface area contributed by atoms with E-state index in [2.05, 4.69) is 59.4 Å². The number of rotatable bonds is 1. The molecule has 2 aliphatic rings. The van der Waals surface area contributed by atoms with Gasteiger partial charge in [-0.3, -0.25) is 0 Å². The molecular weight excluding hydrogens is 310 g/mol. The Balaban J connectivity index is 2.01. The first-order valence-corrected chi connectivity index (χ1v) is 8.89. The predicted octanol–water partition coefficient (Wildman–Crippen LogP) is 4.97. The van der Waals surface area contributed by atoms with Crippen LogP contribution in [0.25, 0.3) is 0 Å². The maximum atomic E-state index is 3.79. The van der Waals surface area contributed by atoms with Crippen LogP contribution in [-0.2, 0) is 0 Å². The first-order chi connectivity index (χ1) is 9.65. The Morgan fingerprint density at radius 2 is 2.00 bits per heavy atom. The summed E-state index contributed by atoms with van der Waals surface area (Å²) >= 11 is 3.79. The van der Waals surface area contributed by atoms with E-state index >= 15 is 0 Å². The summed E-state index contributed by atoms with van der Waals surface area (Å²) in [7, 11) is 0. The van der Waals surface area contributed by atoms with E-state index in [1.807, 2.05) is 0 Å². The Morgan fingerprint density at radius 1 is 1.20 bits per heavy atom. The summed E-state index contributed by atoms with van der Waals surface area (Å²) in [5, 5.41) is 3.65. The topological polar surface area (TPSA) is 12.0 Å². The molecule has 1 aliphatic carbocycles. The molecule has 1 saturated carbocycles. The number of halogens is 1. The standard InChI is InChI=1S/C18H26BrN/c1-13-6-5-9-18(14(13)2)10-11-20-12-16(18)15-7-3-4-8-17(15)19/h3-4,7-8,13-14,16,20H,5-6,9-12H2,1-2H3. The second-order valence-corrected chi connectivity index (χ2v) is 7.77. The smallest absolute Gasteiger partial charge is 0.0210 e. The van der Waals surface area contributed by atoms with Crippen LogP contribution in [0.15, 0.2) is 28.7 Å². The Bertz CT molecular complexity index is 468. The summed E-state index contributed by atoms with van der Waals surface area (Å²) in [6.45, 7) is 7.31. The van der Waals surface area contributed by atoms with Gasteiger partial charge in [0.25, 0.3) is 0 Å². The highest BCUT2D eigenvalue weighted by Gasteiger charge is 2.48. The molecule has 1 aromatic rings. The van der Waals surface area contributed by atoms with E-state index in [1.165, 1.54) is 42.3 Å². The molecule has 0 aromatic heterocycles. The number of hydrogen-bond acceptors (Lipinski definition) is 1. The minimum Gasteiger partial charge on any atom is -0.316 e. The minimum atomic E-state index is 0.507. The van der Waals surface area contributed by atoms with Gasteiger partial charge in [0, 0.05) is 16.9 Å². The van der Waals surface area contributed by atoms with Crippen molar-refractivity contribution in [3.8, 4) is 0 Å². The molecule has 4 atom stereocenters. The lowest BCUT2D eigenvalue weighted by molar-refractivity contribution is 0.00881. The second-order valence-electron chi connectivity index (χ2n) is 6.92. The van der Waals surface area contributed by atoms with Gasteiger partial charge >= 0.3 is 0 Å². The van der Waals surface area contributed by atoms with Crippen LogP contribution in [0.4, 0.5) is 0 Å². The van der Waals surface area contributed by atoms with Crippen molar-refractivity contribution >= 4 is 15.9 Å². The molecule has 1 heterocycles. The molecule has 1 nitrogen and oxygen atoms in total. The van der Waals surface area contributed by atoms with E-state index in [4.69, 9.17) is 0 Å². The molecular formula is C18H26BrN. The van der Waals surface area contributed by atoms with Crippen LogP contribution in [0.3, 0.4) is 0 Å². The third-order valence-corrected chi connectivity index (χ3v) is 6.87. The van der Waals surface area contributed by atoms with Crippen LogP contribution in [0.2, 0.25) is 0 Å². The fourth-order valence-electron chi connectivity index (χ4n) is 4.76. The Hall–Kier alpha value is -0.340. The molecule has 0 amide bonds. The van der Waals surface area contributed by atoms with Crippen molar-refractivity contribution in [3.05, 3.63) is 34.3 Å². The fourth-order valence-corrected chi connectivity index (χ4v) is 5.33. The lowest BCUT2D eigenvalue weighted by Crippen LogP contribution is -2.50. The van der Waals surface area contributed by atoms with Gasteiger partial charge < -0.3 is 5.32 Å². The van der Waals surface area contributed by atoms with Crippen LogP contribution in [0, 0.1) is 17.3 Å². The van der Waals surface area contributed by atoms with Crippen LogP contribution in [-0.4, -0.2) is 13.1 Å². The normalized spacial score (nSPS) is 38.0. The van der Waals surface area contributed by atoms with Crippen molar-refractivity contribution < 1.29 is 0 Å². The largest absolute Gasteiger partial charge is 0.316 e. The van der Waals surface area contributed by atoms with Gasteiger partial charge in [0.15, 0.2) is 0 Å². The van der Waals surface area contributed by atoms with Crippen molar-refractivity contribution in [2.24, 2.45) is 17.3 Å². The summed E-state index contributed by atoms with van der Waals surface area (Å²) < 4.78 is 1.29. The summed E-state index contributed by atoms with van der Waals surface area (Å²) in [6.07, 6.45) is 5.57. The number of nitrogens with one attached hydrogen (secondary N) is 1. The molecule has 3 rings (SSSR count). The molecule has 0 bridgehead atoms. The molecule has 1 spiro atoms. The lowest BCUT2D eigenvalue weighted by Gasteiger charge is -2.53. The van der Waals surface area contributed by atoms with Crippen LogP contribution in [0.1, 0.15) is 51.0 Å². The molecule has 1 aliphatic heterocycles. The van der Waals surface area contributed by atoms with Gasteiger partial charge in [-0.25, -0.2) is 0 Å². The third kappa shape index (κ3) is 2.35. The molecule has 20 heavy (non-hydrogen) atoms. The summed E-state index contributed by atoms with van der Waals surface area (Å²) in [4.78, 5) is 0. The molecule has 2 heteroatoms. The monoisotopic (exact) mass is 335 g/mol. The van der Waals surface area contributed by atoms with Gasteiger partial charge in [0.1, 0.15) is 0 Å². The maximum Gasteiger partial charge on any atom is 0.0210 e. The van der Waals surface area contributed by atoms with E-state index in [0.29, 0.717) is 11.3 Å². The maximum absolute atomic E-state index is 3.79. The quantitative estimate of drug-likeness (QED) is 0.764. The summed E-state index contributed by atoms with van der Waals surface area (Å²) in [5.74, 6) is 2.35. The highest BCUT2D eigenvalue weighted by Crippen LogP contribution is 2.56. The van der Waals surface area contributed by atoms with Gasteiger partial charge in [-0.15, -0.1) is 0 Å². The van der Waals surface area contributed by atoms with Gasteiger partial charge in [-0.05, 0) is 48.3 Å². The first kappa shape index (κ1) is 14.6. The third-order valence-electron chi connectivity index (χ3n) is 6.15. The van der Waals surface area contributed by atoms with E-state index in [9.17, 15) is 0 Å². The van der Waals surface area contributed by atoms with Crippen LogP contribution in [0.5, 0.6) is 0 Å². The molecule has 4 unspecified atom stereocenters. The zero-order valence-electron chi connectivity index (χ0n) is 12.7. The van der Waals surface area contributed by atoms with Gasteiger partial charge in [-0.1, -0.05) is 60.8 Å². The van der Waals surface area contributed by atoms with Crippen LogP contribution < -0.4 is 5.32 Å². The highest BCUT2D eigenvalue weighted by molar-refractivity contribution is 9.10. The molecule has 110 valence electrons. The van der Waals surface area contributed by atoms with Crippen molar-refractivity contribution in [2.75, 3.05) is 13.1 Å². The zero-order valence-corrected chi connectivity index (χ0v) is 14.2. The highest BCUT2D eigenvalue weighted by atomic mass is 79.9. The average molecular weight is 336 g/mol. The minimum absolute atomic E-state index is 0.507. The Kier molecular flexibility index (Phi) is 4.24. The zero-order chi connectivity index (χ0) is 14.2. The predicted molar refractivity (Wildman–Crippen MR) is 89.0 cm³/mol. The number of piperidine rings is 1. The Labute approximate surface area is 131 Å². The van der Waals surface area contributed by atoms with E-state index in [0.717, 1.165) is 18.4 Å². The summed E-state index contributed by atoms with van der Waals surface area (Å²) in [5.41, 5.74) is 2.02. The SMILES string of the molecule is CC1CCCC2(CCNCC2c2ccccc2Br)C1C. The van der Waals surface area contributed by atoms with Crippen molar-refractivity contribution in [1.29, 1.82) is 0 Å². The van der Waals surface area contributed by atoms with Crippen LogP contribution >= 0.6 is 15.9 Å². The van der Waals surface area contributed by atoms with Gasteiger partial charge in [0.05, 0.1) is 0 Å². The molecule has 2 fully saturated rings. The molecule has 1 saturated heterocycles. The van der Waals surface area contributed by atoms with Crippen molar-refractivity contribution in [2.45, 2.75) is 45.4 Å². The number of benzene rings is 1. The lowest BCUT2D eigenvalue weighted by atomic mass is 9.53. The Morgan fingerprint density at radius 3 is 2.80 bits per heavy atom. The first-order valence-electron chi connectivity index (χ1n) is 8.10. The van der Waals surface area contributed by atoms with E-state index in [-0.39, 0.29) is 0 Å². The molecule has 1 N–H and O–H groups in total. The summed E-state index contributed by atoms with van der Waals surface area (Å²) in [6, 6.07) is 8.85. The van der Waals surface area contributed by atoms with Gasteiger partial charge in [-0.2, -0.15) is 0 Å². The molecule has 0 radical (unpaired) electrons. The van der Waals surface area contributed by atoms with Crippen molar-refractivity contribution in [3.63, 3.8) is 0 Å². The van der Waals surface area contributed by atoms with Crippen molar-refractivity contribution in [1.82, 2.24) is 5.32 Å². The fraction of sp³-hybridized carbons (Fsp3) is 0.667. The van der Waals surface area contributed by atoms with Gasteiger partial charge in [0.2, 0.25) is 0 Å². The second kappa shape index (κ2) is 5.81.